The molecule has 0 aliphatic heterocycles. The second-order valence-corrected chi connectivity index (χ2v) is 2.83. The fourth-order valence-corrected chi connectivity index (χ4v) is 1.09. The van der Waals surface area contributed by atoms with Gasteiger partial charge in [0.1, 0.15) is 6.07 Å². The number of pyridine rings is 1. The average molecular weight is 248 g/mol. The summed E-state index contributed by atoms with van der Waals surface area (Å²) in [6.45, 7) is 0. The van der Waals surface area contributed by atoms with Crippen molar-refractivity contribution in [2.75, 3.05) is 0 Å². The van der Waals surface area contributed by atoms with Gasteiger partial charge in [-0.2, -0.15) is 0 Å². The first-order valence-electron chi connectivity index (χ1n) is 2.97. The van der Waals surface area contributed by atoms with Crippen LogP contribution in [0.1, 0.15) is 0 Å². The van der Waals surface area contributed by atoms with Crippen LogP contribution in [0.2, 0.25) is 0 Å². The predicted octanol–water partition coefficient (Wildman–Crippen LogP) is 1.66. The Balaban J connectivity index is 3.26. The first kappa shape index (κ1) is 9.52. The first-order chi connectivity index (χ1) is 6.00. The summed E-state index contributed by atoms with van der Waals surface area (Å²) >= 11 is 2.83. The molecule has 0 aliphatic rings. The van der Waals surface area contributed by atoms with Crippen molar-refractivity contribution in [3.05, 3.63) is 37.0 Å². The maximum atomic E-state index is 10.3. The lowest BCUT2D eigenvalue weighted by Gasteiger charge is -1.92. The molecule has 1 aromatic heterocycles. The van der Waals surface area contributed by atoms with Crippen LogP contribution in [0.5, 0.6) is 0 Å². The molecule has 0 bridgehead atoms. The van der Waals surface area contributed by atoms with Crippen molar-refractivity contribution in [2.24, 2.45) is 0 Å². The van der Waals surface area contributed by atoms with Crippen LogP contribution >= 0.6 is 15.9 Å². The zero-order valence-electron chi connectivity index (χ0n) is 6.01. The summed E-state index contributed by atoms with van der Waals surface area (Å²) in [5.41, 5.74) is -0.367. The summed E-state index contributed by atoms with van der Waals surface area (Å²) in [6, 6.07) is 1.89. The molecule has 0 amide bonds. The molecule has 0 radical (unpaired) electrons. The average Bonchev–Trinajstić information content (AvgIpc) is 2.03. The third kappa shape index (κ3) is 2.18. The molecular formula is C5H2BrN3O4. The van der Waals surface area contributed by atoms with Crippen LogP contribution in [0, 0.1) is 20.2 Å². The second kappa shape index (κ2) is 3.44. The third-order valence-corrected chi connectivity index (χ3v) is 1.57. The molecule has 1 rings (SSSR count). The van der Waals surface area contributed by atoms with Crippen molar-refractivity contribution in [1.29, 1.82) is 0 Å². The van der Waals surface area contributed by atoms with Gasteiger partial charge in [-0.1, -0.05) is 0 Å². The van der Waals surface area contributed by atoms with E-state index in [0.717, 1.165) is 12.1 Å². The first-order valence-corrected chi connectivity index (χ1v) is 3.76. The van der Waals surface area contributed by atoms with Crippen LogP contribution < -0.4 is 0 Å². The molecule has 0 N–H and O–H groups in total. The highest BCUT2D eigenvalue weighted by atomic mass is 79.9. The van der Waals surface area contributed by atoms with E-state index in [-0.39, 0.29) is 10.3 Å². The summed E-state index contributed by atoms with van der Waals surface area (Å²) in [7, 11) is 0. The standard InChI is InChI=1S/C5H2BrN3O4/c6-4-1-3(8(10)11)2-5(7-4)9(12)13/h1-2H. The molecule has 0 aromatic carbocycles. The minimum Gasteiger partial charge on any atom is -0.358 e. The summed E-state index contributed by atoms with van der Waals surface area (Å²) in [4.78, 5) is 22.4. The second-order valence-electron chi connectivity index (χ2n) is 2.02. The molecular weight excluding hydrogens is 246 g/mol. The van der Waals surface area contributed by atoms with Gasteiger partial charge in [-0.15, -0.1) is 0 Å². The lowest BCUT2D eigenvalue weighted by molar-refractivity contribution is -0.397. The summed E-state index contributed by atoms with van der Waals surface area (Å²) < 4.78 is 0.0633. The highest BCUT2D eigenvalue weighted by Gasteiger charge is 2.17. The molecule has 68 valence electrons. The van der Waals surface area contributed by atoms with Crippen molar-refractivity contribution in [2.45, 2.75) is 0 Å². The molecule has 8 heteroatoms. The Morgan fingerprint density at radius 1 is 1.23 bits per heavy atom. The van der Waals surface area contributed by atoms with E-state index in [0.29, 0.717) is 0 Å². The fraction of sp³-hybridized carbons (Fsp3) is 0. The van der Waals surface area contributed by atoms with Crippen LogP contribution in [-0.4, -0.2) is 14.8 Å². The number of rotatable bonds is 2. The van der Waals surface area contributed by atoms with Crippen LogP contribution in [0.15, 0.2) is 16.7 Å². The molecule has 1 heterocycles. The highest BCUT2D eigenvalue weighted by Crippen LogP contribution is 2.21. The molecule has 0 aliphatic carbocycles. The fourth-order valence-electron chi connectivity index (χ4n) is 0.669. The Kier molecular flexibility index (Phi) is 2.52. The van der Waals surface area contributed by atoms with E-state index in [9.17, 15) is 20.2 Å². The van der Waals surface area contributed by atoms with Crippen LogP contribution in [0.25, 0.3) is 0 Å². The molecule has 13 heavy (non-hydrogen) atoms. The van der Waals surface area contributed by atoms with E-state index in [4.69, 9.17) is 0 Å². The molecule has 0 saturated heterocycles. The van der Waals surface area contributed by atoms with Crippen molar-refractivity contribution in [3.8, 4) is 0 Å². The molecule has 0 spiro atoms. The Bertz CT molecular complexity index is 348. The number of aromatic nitrogens is 1. The van der Waals surface area contributed by atoms with E-state index in [2.05, 4.69) is 20.9 Å². The van der Waals surface area contributed by atoms with E-state index in [1.54, 1.807) is 0 Å². The zero-order valence-corrected chi connectivity index (χ0v) is 7.59. The predicted molar refractivity (Wildman–Crippen MR) is 45.2 cm³/mol. The number of halogens is 1. The van der Waals surface area contributed by atoms with Crippen molar-refractivity contribution in [1.82, 2.24) is 4.98 Å². The van der Waals surface area contributed by atoms with Crippen LogP contribution in [0.4, 0.5) is 11.5 Å². The van der Waals surface area contributed by atoms with E-state index < -0.39 is 15.7 Å². The van der Waals surface area contributed by atoms with Gasteiger partial charge in [0.25, 0.3) is 5.69 Å². The largest absolute Gasteiger partial charge is 0.371 e. The molecule has 0 fully saturated rings. The number of hydrogen-bond acceptors (Lipinski definition) is 5. The Morgan fingerprint density at radius 3 is 2.31 bits per heavy atom. The van der Waals surface area contributed by atoms with E-state index in [1.165, 1.54) is 0 Å². The summed E-state index contributed by atoms with van der Waals surface area (Å²) in [6.07, 6.45) is 0. The smallest absolute Gasteiger partial charge is 0.358 e. The van der Waals surface area contributed by atoms with Crippen molar-refractivity contribution < 1.29 is 9.85 Å². The SMILES string of the molecule is O=[N+]([O-])c1cc(Br)nc([N+](=O)[O-])c1. The van der Waals surface area contributed by atoms with Crippen molar-refractivity contribution >= 4 is 27.4 Å². The van der Waals surface area contributed by atoms with Gasteiger partial charge < -0.3 is 10.1 Å². The highest BCUT2D eigenvalue weighted by molar-refractivity contribution is 9.10. The van der Waals surface area contributed by atoms with E-state index >= 15 is 0 Å². The van der Waals surface area contributed by atoms with Gasteiger partial charge in [0.05, 0.1) is 11.0 Å². The monoisotopic (exact) mass is 247 g/mol. The summed E-state index contributed by atoms with van der Waals surface area (Å²) in [5.74, 6) is -0.555. The number of hydrogen-bond donors (Lipinski definition) is 0. The van der Waals surface area contributed by atoms with Gasteiger partial charge in [-0.25, -0.2) is 0 Å². The number of nitrogens with zero attached hydrogens (tertiary/aromatic N) is 3. The minimum atomic E-state index is -0.794. The van der Waals surface area contributed by atoms with Gasteiger partial charge in [-0.05, 0) is 9.91 Å². The topological polar surface area (TPSA) is 99.2 Å². The van der Waals surface area contributed by atoms with Gasteiger partial charge in [0, 0.05) is 15.9 Å². The maximum absolute atomic E-state index is 10.3. The van der Waals surface area contributed by atoms with Gasteiger partial charge in [-0.3, -0.25) is 10.1 Å². The molecule has 0 saturated carbocycles. The van der Waals surface area contributed by atoms with Crippen LogP contribution in [-0.2, 0) is 0 Å². The molecule has 0 unspecified atom stereocenters. The third-order valence-electron chi connectivity index (χ3n) is 1.16. The molecule has 7 nitrogen and oxygen atoms in total. The minimum absolute atomic E-state index is 0.0633. The van der Waals surface area contributed by atoms with Gasteiger partial charge >= 0.3 is 5.82 Å². The van der Waals surface area contributed by atoms with Gasteiger partial charge in [0.2, 0.25) is 4.60 Å². The van der Waals surface area contributed by atoms with Gasteiger partial charge in [0.15, 0.2) is 0 Å². The normalized spacial score (nSPS) is 9.62. The van der Waals surface area contributed by atoms with Crippen molar-refractivity contribution in [3.63, 3.8) is 0 Å². The maximum Gasteiger partial charge on any atom is 0.371 e. The summed E-state index contributed by atoms with van der Waals surface area (Å²) in [5, 5.41) is 20.5. The Labute approximate surface area is 79.8 Å². The lowest BCUT2D eigenvalue weighted by atomic mass is 10.4. The molecule has 1 aromatic rings. The lowest BCUT2D eigenvalue weighted by Crippen LogP contribution is -1.95. The number of nitro groups is 2. The van der Waals surface area contributed by atoms with E-state index in [1.807, 2.05) is 0 Å². The Hall–Kier alpha value is -1.57. The molecule has 0 atom stereocenters. The zero-order chi connectivity index (χ0) is 10.0. The quantitative estimate of drug-likeness (QED) is 0.450. The van der Waals surface area contributed by atoms with Crippen LogP contribution in [0.3, 0.4) is 0 Å². The Morgan fingerprint density at radius 2 is 1.85 bits per heavy atom.